The fourth-order valence-corrected chi connectivity index (χ4v) is 11.6. The van der Waals surface area contributed by atoms with Gasteiger partial charge in [-0.1, -0.05) is 93.0 Å². The number of hydrogen-bond donors (Lipinski definition) is 0. The Morgan fingerprint density at radius 3 is 2.20 bits per heavy atom. The second kappa shape index (κ2) is 9.86. The zero-order chi connectivity index (χ0) is 24.6. The Morgan fingerprint density at radius 2 is 1.60 bits per heavy atom. The summed E-state index contributed by atoms with van der Waals surface area (Å²) in [5.74, 6) is 0. The molecule has 0 N–H and O–H groups in total. The minimum atomic E-state index is -2.55. The van der Waals surface area contributed by atoms with Crippen LogP contribution in [0.25, 0.3) is 11.2 Å². The van der Waals surface area contributed by atoms with Crippen LogP contribution in [0, 0.1) is 0 Å². The molecule has 5 rings (SSSR count). The Hall–Kier alpha value is -1.90. The van der Waals surface area contributed by atoms with Gasteiger partial charge in [0.15, 0.2) is 10.8 Å². The fraction of sp³-hybridized carbons (Fsp3) is 0.346. The minimum Gasteiger partial charge on any atom is -0.406 e. The summed E-state index contributed by atoms with van der Waals surface area (Å²) in [6.45, 7) is 7.63. The molecular weight excluding hydrogens is 515 g/mol. The molecule has 35 heavy (non-hydrogen) atoms. The topological polar surface area (TPSA) is 52.8 Å². The van der Waals surface area contributed by atoms with E-state index < -0.39 is 8.32 Å². The zero-order valence-corrected chi connectivity index (χ0v) is 23.3. The van der Waals surface area contributed by atoms with Crippen molar-refractivity contribution in [1.82, 2.24) is 19.5 Å². The van der Waals surface area contributed by atoms with E-state index >= 15 is 0 Å². The number of imidazole rings is 1. The summed E-state index contributed by atoms with van der Waals surface area (Å²) < 4.78 is 9.24. The molecule has 0 saturated carbocycles. The van der Waals surface area contributed by atoms with Gasteiger partial charge in [-0.15, -0.1) is 11.8 Å². The monoisotopic (exact) mass is 542 g/mol. The Bertz CT molecular complexity index is 1270. The van der Waals surface area contributed by atoms with E-state index in [-0.39, 0.29) is 20.8 Å². The molecule has 1 fully saturated rings. The van der Waals surface area contributed by atoms with Gasteiger partial charge in [0.1, 0.15) is 5.52 Å². The van der Waals surface area contributed by atoms with Gasteiger partial charge < -0.3 is 8.99 Å². The van der Waals surface area contributed by atoms with Crippen LogP contribution in [0.5, 0.6) is 0 Å². The first kappa shape index (κ1) is 24.8. The van der Waals surface area contributed by atoms with Crippen LogP contribution in [-0.2, 0) is 4.43 Å². The van der Waals surface area contributed by atoms with Gasteiger partial charge in [-0.2, -0.15) is 4.98 Å². The highest BCUT2D eigenvalue weighted by Gasteiger charge is 2.50. The number of benzene rings is 2. The van der Waals surface area contributed by atoms with Crippen molar-refractivity contribution >= 4 is 64.8 Å². The lowest BCUT2D eigenvalue weighted by molar-refractivity contribution is 0.295. The van der Waals surface area contributed by atoms with Crippen LogP contribution >= 0.6 is 35.0 Å². The molecule has 0 aliphatic carbocycles. The van der Waals surface area contributed by atoms with Crippen LogP contribution in [0.2, 0.25) is 15.5 Å². The predicted molar refractivity (Wildman–Crippen MR) is 149 cm³/mol. The number of fused-ring (bicyclic) bond motifs is 1. The molecular formula is C26H28Cl2N4OSSi. The van der Waals surface area contributed by atoms with E-state index in [2.05, 4.69) is 101 Å². The second-order valence-corrected chi connectivity index (χ2v) is 16.4. The molecule has 0 radical (unpaired) electrons. The molecule has 2 aromatic heterocycles. The summed E-state index contributed by atoms with van der Waals surface area (Å²) in [6, 6.07) is 21.6. The third kappa shape index (κ3) is 4.65. The van der Waals surface area contributed by atoms with Gasteiger partial charge in [-0.25, -0.2) is 9.97 Å². The van der Waals surface area contributed by atoms with E-state index in [1.54, 1.807) is 6.33 Å². The predicted octanol–water partition coefficient (Wildman–Crippen LogP) is 6.10. The van der Waals surface area contributed by atoms with Crippen molar-refractivity contribution in [3.8, 4) is 0 Å². The van der Waals surface area contributed by atoms with Gasteiger partial charge in [0.25, 0.3) is 8.32 Å². The number of halogens is 2. The third-order valence-electron chi connectivity index (χ3n) is 6.65. The maximum atomic E-state index is 7.17. The van der Waals surface area contributed by atoms with Crippen molar-refractivity contribution in [2.45, 2.75) is 49.3 Å². The molecule has 0 spiro atoms. The van der Waals surface area contributed by atoms with Gasteiger partial charge in [-0.3, -0.25) is 0 Å². The Balaban J connectivity index is 1.42. The second-order valence-electron chi connectivity index (χ2n) is 9.87. The maximum absolute atomic E-state index is 7.17. The fourth-order valence-electron chi connectivity index (χ4n) is 5.06. The molecule has 1 aliphatic heterocycles. The van der Waals surface area contributed by atoms with E-state index in [9.17, 15) is 0 Å². The molecule has 0 bridgehead atoms. The van der Waals surface area contributed by atoms with E-state index in [1.165, 1.54) is 10.4 Å². The maximum Gasteiger partial charge on any atom is 0.261 e. The van der Waals surface area contributed by atoms with Crippen molar-refractivity contribution in [3.05, 3.63) is 77.4 Å². The Kier molecular flexibility index (Phi) is 6.98. The lowest BCUT2D eigenvalue weighted by Crippen LogP contribution is -2.67. The van der Waals surface area contributed by atoms with Crippen molar-refractivity contribution < 1.29 is 4.43 Å². The zero-order valence-electron chi connectivity index (χ0n) is 20.0. The largest absolute Gasteiger partial charge is 0.406 e. The van der Waals surface area contributed by atoms with Crippen LogP contribution in [0.15, 0.2) is 67.0 Å². The van der Waals surface area contributed by atoms with Gasteiger partial charge >= 0.3 is 0 Å². The molecule has 2 atom stereocenters. The number of hydrogen-bond acceptors (Lipinski definition) is 5. The molecule has 1 aliphatic rings. The highest BCUT2D eigenvalue weighted by atomic mass is 35.5. The van der Waals surface area contributed by atoms with Crippen molar-refractivity contribution in [3.63, 3.8) is 0 Å². The Labute approximate surface area is 221 Å². The molecule has 182 valence electrons. The highest BCUT2D eigenvalue weighted by molar-refractivity contribution is 8.00. The molecule has 9 heteroatoms. The molecule has 4 aromatic rings. The average molecular weight is 544 g/mol. The van der Waals surface area contributed by atoms with Crippen LogP contribution in [0.4, 0.5) is 0 Å². The first-order valence-corrected chi connectivity index (χ1v) is 15.4. The van der Waals surface area contributed by atoms with Crippen molar-refractivity contribution in [1.29, 1.82) is 0 Å². The molecule has 5 nitrogen and oxygen atoms in total. The van der Waals surface area contributed by atoms with E-state index in [0.717, 1.165) is 12.8 Å². The number of nitrogens with zero attached hydrogens (tertiary/aromatic N) is 4. The molecule has 3 heterocycles. The smallest absolute Gasteiger partial charge is 0.261 e. The van der Waals surface area contributed by atoms with Crippen LogP contribution < -0.4 is 10.4 Å². The summed E-state index contributed by atoms with van der Waals surface area (Å²) in [5.41, 5.74) is 1.27. The van der Waals surface area contributed by atoms with Crippen molar-refractivity contribution in [2.75, 3.05) is 6.61 Å². The summed E-state index contributed by atoms with van der Waals surface area (Å²) >= 11 is 14.2. The molecule has 0 amide bonds. The number of thioether (sulfide) groups is 1. The average Bonchev–Trinajstić information content (AvgIpc) is 3.47. The molecule has 1 saturated heterocycles. The third-order valence-corrected chi connectivity index (χ3v) is 13.6. The van der Waals surface area contributed by atoms with E-state index in [1.807, 2.05) is 11.8 Å². The molecule has 0 unspecified atom stereocenters. The van der Waals surface area contributed by atoms with E-state index in [0.29, 0.717) is 23.0 Å². The summed E-state index contributed by atoms with van der Waals surface area (Å²) in [4.78, 5) is 12.8. The van der Waals surface area contributed by atoms with Crippen LogP contribution in [0.3, 0.4) is 0 Å². The normalized spacial score (nSPS) is 18.9. The molecule has 2 aromatic carbocycles. The first-order chi connectivity index (χ1) is 16.8. The summed E-state index contributed by atoms with van der Waals surface area (Å²) in [7, 11) is -2.55. The van der Waals surface area contributed by atoms with Gasteiger partial charge in [0.2, 0.25) is 5.28 Å². The standard InChI is InChI=1S/C26H28Cl2N4OSSi/c1-26(2,3)35(19-10-6-4-7-11-19,20-12-8-5-9-13-20)33-16-18-14-15-21(34-18)32-17-29-22-23(27)30-25(28)31-24(22)32/h4-13,17-18,21H,14-16H2,1-3H3/t18-,21+/m0/s1. The first-order valence-electron chi connectivity index (χ1n) is 11.8. The van der Waals surface area contributed by atoms with Crippen molar-refractivity contribution in [2.24, 2.45) is 0 Å². The van der Waals surface area contributed by atoms with Gasteiger partial charge in [0.05, 0.1) is 11.7 Å². The van der Waals surface area contributed by atoms with Gasteiger partial charge in [-0.05, 0) is 39.9 Å². The Morgan fingerprint density at radius 1 is 0.971 bits per heavy atom. The lowest BCUT2D eigenvalue weighted by atomic mass is 10.2. The highest BCUT2D eigenvalue weighted by Crippen LogP contribution is 2.44. The van der Waals surface area contributed by atoms with Gasteiger partial charge in [0, 0.05) is 11.9 Å². The van der Waals surface area contributed by atoms with E-state index in [4.69, 9.17) is 27.6 Å². The SMILES string of the molecule is CC(C)(C)[Si](OC[C@@H]1CC[C@H](n2cnc3c(Cl)nc(Cl)nc32)S1)(c1ccccc1)c1ccccc1. The van der Waals surface area contributed by atoms with Crippen LogP contribution in [0.1, 0.15) is 39.0 Å². The minimum absolute atomic E-state index is 0.0383. The quantitative estimate of drug-likeness (QED) is 0.167. The summed E-state index contributed by atoms with van der Waals surface area (Å²) in [6.07, 6.45) is 3.86. The lowest BCUT2D eigenvalue weighted by Gasteiger charge is -2.43. The number of aromatic nitrogens is 4. The number of rotatable bonds is 6. The summed E-state index contributed by atoms with van der Waals surface area (Å²) in [5, 5.41) is 3.57. The van der Waals surface area contributed by atoms with Crippen LogP contribution in [-0.4, -0.2) is 39.7 Å².